The zero-order valence-electron chi connectivity index (χ0n) is 10.9. The van der Waals surface area contributed by atoms with E-state index in [1.165, 1.54) is 12.4 Å². The molecule has 2 heterocycles. The van der Waals surface area contributed by atoms with E-state index >= 15 is 0 Å². The van der Waals surface area contributed by atoms with E-state index in [1.54, 1.807) is 35.0 Å². The standard InChI is InChI=1S/C14H11Cl2N3OS/c15-9-1-2-10(11(16)7-9)14-19(5-6-21-14)13(20)12-8-17-3-4-18-12/h1-4,7-8,14H,5-6H2. The number of aromatic nitrogens is 2. The van der Waals surface area contributed by atoms with Gasteiger partial charge in [-0.1, -0.05) is 29.3 Å². The number of thioether (sulfide) groups is 1. The average Bonchev–Trinajstić information content (AvgIpc) is 2.96. The molecule has 1 amide bonds. The number of rotatable bonds is 2. The first-order valence-corrected chi connectivity index (χ1v) is 8.11. The van der Waals surface area contributed by atoms with Crippen LogP contribution >= 0.6 is 35.0 Å². The van der Waals surface area contributed by atoms with Gasteiger partial charge < -0.3 is 4.90 Å². The van der Waals surface area contributed by atoms with Crippen LogP contribution in [0.1, 0.15) is 21.4 Å². The van der Waals surface area contributed by atoms with Crippen molar-refractivity contribution in [3.63, 3.8) is 0 Å². The molecule has 2 aromatic rings. The molecule has 0 radical (unpaired) electrons. The summed E-state index contributed by atoms with van der Waals surface area (Å²) >= 11 is 13.9. The molecule has 4 nitrogen and oxygen atoms in total. The molecule has 1 unspecified atom stereocenters. The Hall–Kier alpha value is -1.30. The molecule has 1 saturated heterocycles. The van der Waals surface area contributed by atoms with Gasteiger partial charge in [0.2, 0.25) is 0 Å². The largest absolute Gasteiger partial charge is 0.320 e. The van der Waals surface area contributed by atoms with Crippen LogP contribution in [0.25, 0.3) is 0 Å². The predicted octanol–water partition coefficient (Wildman–Crippen LogP) is 3.67. The molecule has 1 atom stereocenters. The summed E-state index contributed by atoms with van der Waals surface area (Å²) < 4.78 is 0. The van der Waals surface area contributed by atoms with Gasteiger partial charge in [-0.15, -0.1) is 11.8 Å². The van der Waals surface area contributed by atoms with Gasteiger partial charge in [-0.3, -0.25) is 9.78 Å². The first-order valence-electron chi connectivity index (χ1n) is 6.30. The van der Waals surface area contributed by atoms with Crippen molar-refractivity contribution < 1.29 is 4.79 Å². The maximum absolute atomic E-state index is 12.5. The van der Waals surface area contributed by atoms with Crippen LogP contribution in [0.15, 0.2) is 36.8 Å². The summed E-state index contributed by atoms with van der Waals surface area (Å²) in [6.07, 6.45) is 4.54. The number of benzene rings is 1. The maximum atomic E-state index is 12.5. The summed E-state index contributed by atoms with van der Waals surface area (Å²) in [6, 6.07) is 5.35. The Bertz CT molecular complexity index is 669. The van der Waals surface area contributed by atoms with E-state index in [2.05, 4.69) is 9.97 Å². The first-order chi connectivity index (χ1) is 10.2. The summed E-state index contributed by atoms with van der Waals surface area (Å²) in [7, 11) is 0. The number of hydrogen-bond acceptors (Lipinski definition) is 4. The fraction of sp³-hybridized carbons (Fsp3) is 0.214. The Labute approximate surface area is 136 Å². The summed E-state index contributed by atoms with van der Waals surface area (Å²) in [5.41, 5.74) is 1.23. The van der Waals surface area contributed by atoms with Crippen molar-refractivity contribution in [2.24, 2.45) is 0 Å². The molecule has 1 aliphatic rings. The zero-order chi connectivity index (χ0) is 14.8. The third-order valence-electron chi connectivity index (χ3n) is 3.16. The fourth-order valence-corrected chi connectivity index (χ4v) is 4.06. The van der Waals surface area contributed by atoms with Crippen molar-refractivity contribution in [3.8, 4) is 0 Å². The number of carbonyl (C=O) groups is 1. The number of amides is 1. The Morgan fingerprint density at radius 3 is 2.90 bits per heavy atom. The van der Waals surface area contributed by atoms with Crippen LogP contribution in [-0.4, -0.2) is 33.1 Å². The van der Waals surface area contributed by atoms with Gasteiger partial charge in [0.1, 0.15) is 11.1 Å². The van der Waals surface area contributed by atoms with Crippen LogP contribution in [0.3, 0.4) is 0 Å². The normalized spacial score (nSPS) is 18.0. The molecule has 1 aliphatic heterocycles. The third-order valence-corrected chi connectivity index (χ3v) is 4.97. The van der Waals surface area contributed by atoms with Crippen LogP contribution in [0.2, 0.25) is 10.0 Å². The molecule has 0 aliphatic carbocycles. The van der Waals surface area contributed by atoms with Crippen molar-refractivity contribution in [2.45, 2.75) is 5.37 Å². The van der Waals surface area contributed by atoms with E-state index in [9.17, 15) is 4.79 Å². The number of carbonyl (C=O) groups excluding carboxylic acids is 1. The second kappa shape index (κ2) is 6.22. The molecule has 0 N–H and O–H groups in total. The van der Waals surface area contributed by atoms with E-state index in [1.807, 2.05) is 6.07 Å². The molecule has 0 saturated carbocycles. The lowest BCUT2D eigenvalue weighted by molar-refractivity contribution is 0.0754. The highest BCUT2D eigenvalue weighted by Crippen LogP contribution is 2.41. The fourth-order valence-electron chi connectivity index (χ4n) is 2.19. The van der Waals surface area contributed by atoms with Crippen molar-refractivity contribution in [2.75, 3.05) is 12.3 Å². The molecule has 0 spiro atoms. The molecule has 1 fully saturated rings. The van der Waals surface area contributed by atoms with Crippen molar-refractivity contribution in [3.05, 3.63) is 58.1 Å². The predicted molar refractivity (Wildman–Crippen MR) is 84.7 cm³/mol. The monoisotopic (exact) mass is 339 g/mol. The minimum Gasteiger partial charge on any atom is -0.320 e. The average molecular weight is 340 g/mol. The van der Waals surface area contributed by atoms with E-state index in [0.29, 0.717) is 22.3 Å². The third kappa shape index (κ3) is 3.00. The van der Waals surface area contributed by atoms with Gasteiger partial charge in [0.05, 0.1) is 6.20 Å². The lowest BCUT2D eigenvalue weighted by Crippen LogP contribution is -2.31. The highest BCUT2D eigenvalue weighted by Gasteiger charge is 2.33. The lowest BCUT2D eigenvalue weighted by atomic mass is 10.2. The second-order valence-corrected chi connectivity index (χ2v) is 6.51. The molecule has 108 valence electrons. The second-order valence-electron chi connectivity index (χ2n) is 4.48. The molecular formula is C14H11Cl2N3OS. The topological polar surface area (TPSA) is 46.1 Å². The van der Waals surface area contributed by atoms with Crippen LogP contribution in [0, 0.1) is 0 Å². The summed E-state index contributed by atoms with van der Waals surface area (Å²) in [5.74, 6) is 0.722. The van der Waals surface area contributed by atoms with Crippen molar-refractivity contribution in [1.82, 2.24) is 14.9 Å². The molecule has 3 rings (SSSR count). The highest BCUT2D eigenvalue weighted by atomic mass is 35.5. The van der Waals surface area contributed by atoms with Gasteiger partial charge >= 0.3 is 0 Å². The Morgan fingerprint density at radius 1 is 1.33 bits per heavy atom. The van der Waals surface area contributed by atoms with Gasteiger partial charge in [0.25, 0.3) is 5.91 Å². The van der Waals surface area contributed by atoms with Gasteiger partial charge in [-0.2, -0.15) is 0 Å². The van der Waals surface area contributed by atoms with Crippen LogP contribution in [0.5, 0.6) is 0 Å². The molecule has 21 heavy (non-hydrogen) atoms. The van der Waals surface area contributed by atoms with Crippen molar-refractivity contribution in [1.29, 1.82) is 0 Å². The van der Waals surface area contributed by atoms with Crippen LogP contribution < -0.4 is 0 Å². The smallest absolute Gasteiger partial charge is 0.275 e. The van der Waals surface area contributed by atoms with Gasteiger partial charge in [-0.25, -0.2) is 4.98 Å². The molecule has 1 aromatic carbocycles. The Balaban J connectivity index is 1.91. The number of nitrogens with zero attached hydrogens (tertiary/aromatic N) is 3. The number of hydrogen-bond donors (Lipinski definition) is 0. The van der Waals surface area contributed by atoms with Crippen molar-refractivity contribution >= 4 is 40.9 Å². The Kier molecular flexibility index (Phi) is 4.33. The SMILES string of the molecule is O=C(c1cnccn1)N1CCSC1c1ccc(Cl)cc1Cl. The summed E-state index contributed by atoms with van der Waals surface area (Å²) in [5, 5.41) is 1.03. The van der Waals surface area contributed by atoms with Gasteiger partial charge in [0, 0.05) is 40.3 Å². The summed E-state index contributed by atoms with van der Waals surface area (Å²) in [6.45, 7) is 0.656. The number of halogens is 2. The van der Waals surface area contributed by atoms with E-state index < -0.39 is 0 Å². The zero-order valence-corrected chi connectivity index (χ0v) is 13.2. The van der Waals surface area contributed by atoms with Gasteiger partial charge in [-0.05, 0) is 12.1 Å². The van der Waals surface area contributed by atoms with E-state index in [4.69, 9.17) is 23.2 Å². The molecule has 1 aromatic heterocycles. The minimum atomic E-state index is -0.135. The summed E-state index contributed by atoms with van der Waals surface area (Å²) in [4.78, 5) is 22.3. The van der Waals surface area contributed by atoms with Crippen LogP contribution in [-0.2, 0) is 0 Å². The quantitative estimate of drug-likeness (QED) is 0.837. The maximum Gasteiger partial charge on any atom is 0.275 e. The van der Waals surface area contributed by atoms with Crippen LogP contribution in [0.4, 0.5) is 0 Å². The molecule has 0 bridgehead atoms. The van der Waals surface area contributed by atoms with E-state index in [0.717, 1.165) is 11.3 Å². The first kappa shape index (κ1) is 14.6. The van der Waals surface area contributed by atoms with Gasteiger partial charge in [0.15, 0.2) is 0 Å². The molecule has 7 heteroatoms. The van der Waals surface area contributed by atoms with E-state index in [-0.39, 0.29) is 11.3 Å². The minimum absolute atomic E-state index is 0.121. The lowest BCUT2D eigenvalue weighted by Gasteiger charge is -2.24. The highest BCUT2D eigenvalue weighted by molar-refractivity contribution is 7.99. The molecular weight excluding hydrogens is 329 g/mol. The Morgan fingerprint density at radius 2 is 2.19 bits per heavy atom.